The highest BCUT2D eigenvalue weighted by atomic mass is 14.7. The standard InChI is InChI=1S/C27H18N2/c1-14-8-9-18-23(11-14)29-24-13-20-21-12-22-16(7-4-10-28-22)17-5-3-6-19(27(17)21)25(20)15(2)26(18)24/h3-13,29H,1-2H3. The number of aromatic amines is 1. The van der Waals surface area contributed by atoms with Crippen LogP contribution in [0.1, 0.15) is 11.1 Å². The number of hydrogen-bond acceptors (Lipinski definition) is 1. The molecule has 0 bridgehead atoms. The molecular formula is C27H18N2. The highest BCUT2D eigenvalue weighted by molar-refractivity contribution is 6.26. The molecule has 6 aromatic rings. The molecule has 0 spiro atoms. The van der Waals surface area contributed by atoms with Gasteiger partial charge in [0.15, 0.2) is 0 Å². The van der Waals surface area contributed by atoms with Gasteiger partial charge in [-0.2, -0.15) is 0 Å². The fourth-order valence-electron chi connectivity index (χ4n) is 5.40. The summed E-state index contributed by atoms with van der Waals surface area (Å²) in [5.74, 6) is 0. The monoisotopic (exact) mass is 370 g/mol. The van der Waals surface area contributed by atoms with E-state index < -0.39 is 0 Å². The summed E-state index contributed by atoms with van der Waals surface area (Å²) >= 11 is 0. The second-order valence-corrected chi connectivity index (χ2v) is 8.24. The topological polar surface area (TPSA) is 28.7 Å². The Balaban J connectivity index is 1.70. The van der Waals surface area contributed by atoms with Crippen molar-refractivity contribution in [3.05, 3.63) is 78.0 Å². The number of fused-ring (bicyclic) bond motifs is 8. The molecule has 2 aromatic heterocycles. The lowest BCUT2D eigenvalue weighted by atomic mass is 9.94. The summed E-state index contributed by atoms with van der Waals surface area (Å²) in [6.45, 7) is 4.42. The van der Waals surface area contributed by atoms with Crippen LogP contribution in [-0.4, -0.2) is 9.97 Å². The molecule has 0 atom stereocenters. The number of nitrogens with one attached hydrogen (secondary N) is 1. The zero-order chi connectivity index (χ0) is 19.3. The maximum atomic E-state index is 4.66. The Morgan fingerprint density at radius 1 is 0.690 bits per heavy atom. The normalized spacial score (nSPS) is 12.5. The zero-order valence-corrected chi connectivity index (χ0v) is 16.3. The summed E-state index contributed by atoms with van der Waals surface area (Å²) in [6.07, 6.45) is 1.88. The minimum Gasteiger partial charge on any atom is -0.354 e. The van der Waals surface area contributed by atoms with Crippen LogP contribution in [0.5, 0.6) is 0 Å². The van der Waals surface area contributed by atoms with E-state index >= 15 is 0 Å². The average Bonchev–Trinajstić information content (AvgIpc) is 3.25. The predicted octanol–water partition coefficient (Wildman–Crippen LogP) is 7.29. The molecule has 29 heavy (non-hydrogen) atoms. The van der Waals surface area contributed by atoms with Crippen LogP contribution in [-0.2, 0) is 0 Å². The Morgan fingerprint density at radius 3 is 2.52 bits per heavy atom. The number of pyridine rings is 1. The van der Waals surface area contributed by atoms with Crippen molar-refractivity contribution in [2.24, 2.45) is 0 Å². The summed E-state index contributed by atoms with van der Waals surface area (Å²) in [5.41, 5.74) is 11.5. The number of aryl methyl sites for hydroxylation is 2. The number of aromatic nitrogens is 2. The van der Waals surface area contributed by atoms with Crippen molar-refractivity contribution in [1.29, 1.82) is 0 Å². The quantitative estimate of drug-likeness (QED) is 0.279. The van der Waals surface area contributed by atoms with E-state index in [-0.39, 0.29) is 0 Å². The second kappa shape index (κ2) is 5.03. The summed E-state index contributed by atoms with van der Waals surface area (Å²) in [6, 6.07) is 22.2. The third-order valence-electron chi connectivity index (χ3n) is 6.59. The highest BCUT2D eigenvalue weighted by Crippen LogP contribution is 2.52. The fraction of sp³-hybridized carbons (Fsp3) is 0.0741. The van der Waals surface area contributed by atoms with Gasteiger partial charge in [0.25, 0.3) is 0 Å². The van der Waals surface area contributed by atoms with Crippen molar-refractivity contribution < 1.29 is 0 Å². The number of H-pyrrole nitrogens is 1. The summed E-state index contributed by atoms with van der Waals surface area (Å²) in [5, 5.41) is 6.53. The van der Waals surface area contributed by atoms with E-state index in [1.165, 1.54) is 71.3 Å². The molecule has 0 amide bonds. The third-order valence-corrected chi connectivity index (χ3v) is 6.59. The Labute approximate surface area is 167 Å². The number of hydrogen-bond donors (Lipinski definition) is 1. The van der Waals surface area contributed by atoms with Crippen molar-refractivity contribution in [3.63, 3.8) is 0 Å². The molecule has 0 fully saturated rings. The van der Waals surface area contributed by atoms with Gasteiger partial charge < -0.3 is 4.98 Å². The molecule has 2 heteroatoms. The maximum Gasteiger partial charge on any atom is 0.0714 e. The van der Waals surface area contributed by atoms with Crippen molar-refractivity contribution >= 4 is 43.5 Å². The highest BCUT2D eigenvalue weighted by Gasteiger charge is 2.26. The lowest BCUT2D eigenvalue weighted by molar-refractivity contribution is 1.42. The Kier molecular flexibility index (Phi) is 2.66. The minimum absolute atomic E-state index is 1.06. The Morgan fingerprint density at radius 2 is 1.59 bits per heavy atom. The average molecular weight is 370 g/mol. The molecule has 136 valence electrons. The molecule has 0 radical (unpaired) electrons. The first-order valence-corrected chi connectivity index (χ1v) is 10.1. The maximum absolute atomic E-state index is 4.66. The molecule has 0 aliphatic heterocycles. The van der Waals surface area contributed by atoms with E-state index in [0.29, 0.717) is 0 Å². The van der Waals surface area contributed by atoms with E-state index in [4.69, 9.17) is 0 Å². The first-order valence-electron chi connectivity index (χ1n) is 10.1. The van der Waals surface area contributed by atoms with Crippen LogP contribution in [0.15, 0.2) is 66.9 Å². The van der Waals surface area contributed by atoms with Crippen LogP contribution in [0.4, 0.5) is 0 Å². The lowest BCUT2D eigenvalue weighted by Gasteiger charge is -2.08. The van der Waals surface area contributed by atoms with Gasteiger partial charge in [-0.25, -0.2) is 0 Å². The summed E-state index contributed by atoms with van der Waals surface area (Å²) in [4.78, 5) is 8.33. The van der Waals surface area contributed by atoms with Gasteiger partial charge in [-0.05, 0) is 82.3 Å². The van der Waals surface area contributed by atoms with E-state index in [1.54, 1.807) is 0 Å². The minimum atomic E-state index is 1.06. The SMILES string of the molecule is Cc1ccc2c(c1)[nH]c1cc3c(c(C)c12)-c1cccc2c1c-3cc1ncccc12. The van der Waals surface area contributed by atoms with Gasteiger partial charge in [0.2, 0.25) is 0 Å². The predicted molar refractivity (Wildman–Crippen MR) is 123 cm³/mol. The molecule has 0 saturated carbocycles. The molecule has 1 N–H and O–H groups in total. The molecule has 2 heterocycles. The Hall–Kier alpha value is -3.65. The molecule has 7 rings (SSSR count). The number of rotatable bonds is 0. The van der Waals surface area contributed by atoms with Gasteiger partial charge in [-0.15, -0.1) is 0 Å². The van der Waals surface area contributed by atoms with Gasteiger partial charge >= 0.3 is 0 Å². The molecule has 0 saturated heterocycles. The van der Waals surface area contributed by atoms with Gasteiger partial charge in [0.05, 0.1) is 5.52 Å². The molecule has 2 nitrogen and oxygen atoms in total. The van der Waals surface area contributed by atoms with Gasteiger partial charge in [0, 0.05) is 33.4 Å². The summed E-state index contributed by atoms with van der Waals surface area (Å²) in [7, 11) is 0. The van der Waals surface area contributed by atoms with Crippen LogP contribution >= 0.6 is 0 Å². The molecular weight excluding hydrogens is 352 g/mol. The number of nitrogens with zero attached hydrogens (tertiary/aromatic N) is 1. The van der Waals surface area contributed by atoms with E-state index in [9.17, 15) is 0 Å². The zero-order valence-electron chi connectivity index (χ0n) is 16.3. The molecule has 4 aromatic carbocycles. The third kappa shape index (κ3) is 1.79. The van der Waals surface area contributed by atoms with Gasteiger partial charge in [0.1, 0.15) is 0 Å². The van der Waals surface area contributed by atoms with Crippen LogP contribution in [0.25, 0.3) is 65.7 Å². The van der Waals surface area contributed by atoms with E-state index in [2.05, 4.69) is 78.4 Å². The van der Waals surface area contributed by atoms with Crippen molar-refractivity contribution in [1.82, 2.24) is 9.97 Å². The molecule has 1 aliphatic rings. The second-order valence-electron chi connectivity index (χ2n) is 8.24. The van der Waals surface area contributed by atoms with Crippen molar-refractivity contribution in [2.45, 2.75) is 13.8 Å². The van der Waals surface area contributed by atoms with Crippen LogP contribution in [0.2, 0.25) is 0 Å². The van der Waals surface area contributed by atoms with Gasteiger partial charge in [-0.1, -0.05) is 36.4 Å². The first kappa shape index (κ1) is 15.3. The lowest BCUT2D eigenvalue weighted by Crippen LogP contribution is -1.85. The largest absolute Gasteiger partial charge is 0.354 e. The van der Waals surface area contributed by atoms with E-state index in [0.717, 1.165) is 5.52 Å². The molecule has 1 aliphatic carbocycles. The van der Waals surface area contributed by atoms with E-state index in [1.807, 2.05) is 12.3 Å². The Bertz CT molecular complexity index is 1670. The van der Waals surface area contributed by atoms with Crippen LogP contribution in [0.3, 0.4) is 0 Å². The fourth-order valence-corrected chi connectivity index (χ4v) is 5.40. The number of benzene rings is 4. The van der Waals surface area contributed by atoms with Crippen molar-refractivity contribution in [3.8, 4) is 22.3 Å². The van der Waals surface area contributed by atoms with Crippen LogP contribution in [0, 0.1) is 13.8 Å². The van der Waals surface area contributed by atoms with Crippen LogP contribution < -0.4 is 0 Å². The summed E-state index contributed by atoms with van der Waals surface area (Å²) < 4.78 is 0. The van der Waals surface area contributed by atoms with Crippen molar-refractivity contribution in [2.75, 3.05) is 0 Å². The molecule has 0 unspecified atom stereocenters. The van der Waals surface area contributed by atoms with Gasteiger partial charge in [-0.3, -0.25) is 4.98 Å². The smallest absolute Gasteiger partial charge is 0.0714 e. The first-order chi connectivity index (χ1) is 14.2.